The number of carbonyl (C=O) groups excluding carboxylic acids is 1. The third-order valence-corrected chi connectivity index (χ3v) is 2.81. The van der Waals surface area contributed by atoms with Gasteiger partial charge in [-0.3, -0.25) is 4.79 Å². The molecule has 0 bridgehead atoms. The van der Waals surface area contributed by atoms with Crippen molar-refractivity contribution in [1.29, 1.82) is 0 Å². The Hall–Kier alpha value is -1.69. The molecule has 0 aliphatic carbocycles. The molecule has 1 amide bonds. The Bertz CT molecular complexity index is 456. The number of anilines is 1. The Balaban J connectivity index is 2.02. The topological polar surface area (TPSA) is 73.6 Å². The highest BCUT2D eigenvalue weighted by molar-refractivity contribution is 5.94. The Morgan fingerprint density at radius 2 is 2.26 bits per heavy atom. The summed E-state index contributed by atoms with van der Waals surface area (Å²) < 4.78 is 10.8. The van der Waals surface area contributed by atoms with Crippen LogP contribution in [0.4, 0.5) is 5.69 Å². The van der Waals surface area contributed by atoms with Gasteiger partial charge in [-0.1, -0.05) is 18.2 Å². The molecule has 0 saturated carbocycles. The molecule has 0 aromatic heterocycles. The fourth-order valence-corrected chi connectivity index (χ4v) is 1.84. The summed E-state index contributed by atoms with van der Waals surface area (Å²) in [7, 11) is 0. The van der Waals surface area contributed by atoms with E-state index < -0.39 is 6.04 Å². The molecule has 1 aliphatic heterocycles. The number of rotatable bonds is 5. The van der Waals surface area contributed by atoms with Gasteiger partial charge in [0.25, 0.3) is 0 Å². The van der Waals surface area contributed by atoms with Crippen molar-refractivity contribution in [3.8, 4) is 0 Å². The summed E-state index contributed by atoms with van der Waals surface area (Å²) in [6, 6.07) is 6.79. The van der Waals surface area contributed by atoms with E-state index in [0.29, 0.717) is 25.3 Å². The molecule has 1 aromatic rings. The third-order valence-electron chi connectivity index (χ3n) is 2.81. The van der Waals surface area contributed by atoms with Crippen molar-refractivity contribution in [2.75, 3.05) is 18.5 Å². The first kappa shape index (κ1) is 13.7. The number of nitrogens with two attached hydrogens (primary N) is 1. The van der Waals surface area contributed by atoms with Gasteiger partial charge in [0, 0.05) is 11.3 Å². The lowest BCUT2D eigenvalue weighted by molar-refractivity contribution is -0.117. The number of hydrogen-bond donors (Lipinski definition) is 2. The Morgan fingerprint density at radius 1 is 1.53 bits per heavy atom. The highest BCUT2D eigenvalue weighted by Crippen LogP contribution is 2.25. The van der Waals surface area contributed by atoms with Gasteiger partial charge in [-0.25, -0.2) is 0 Å². The van der Waals surface area contributed by atoms with Crippen molar-refractivity contribution < 1.29 is 14.3 Å². The third kappa shape index (κ3) is 3.64. The van der Waals surface area contributed by atoms with Gasteiger partial charge in [-0.15, -0.1) is 6.58 Å². The second kappa shape index (κ2) is 6.47. The normalized spacial score (nSPS) is 17.1. The molecule has 102 valence electrons. The van der Waals surface area contributed by atoms with E-state index in [1.54, 1.807) is 12.1 Å². The van der Waals surface area contributed by atoms with E-state index >= 15 is 0 Å². The van der Waals surface area contributed by atoms with Crippen LogP contribution in [0.2, 0.25) is 0 Å². The summed E-state index contributed by atoms with van der Waals surface area (Å²) in [6.07, 6.45) is 1.72. The highest BCUT2D eigenvalue weighted by atomic mass is 16.7. The molecule has 1 atom stereocenters. The maximum atomic E-state index is 11.8. The molecule has 1 heterocycles. The number of ether oxygens (including phenoxy) is 2. The van der Waals surface area contributed by atoms with Gasteiger partial charge >= 0.3 is 0 Å². The molecule has 1 aromatic carbocycles. The molecule has 3 N–H and O–H groups in total. The van der Waals surface area contributed by atoms with Crippen LogP contribution < -0.4 is 11.1 Å². The highest BCUT2D eigenvalue weighted by Gasteiger charge is 2.19. The van der Waals surface area contributed by atoms with Crippen LogP contribution in [0.1, 0.15) is 18.3 Å². The average Bonchev–Trinajstić information content (AvgIpc) is 2.93. The van der Waals surface area contributed by atoms with Crippen molar-refractivity contribution in [3.63, 3.8) is 0 Å². The van der Waals surface area contributed by atoms with Gasteiger partial charge in [0.2, 0.25) is 5.91 Å². The summed E-state index contributed by atoms with van der Waals surface area (Å²) in [6.45, 7) is 4.74. The molecule has 0 spiro atoms. The second-order valence-corrected chi connectivity index (χ2v) is 4.32. The fourth-order valence-electron chi connectivity index (χ4n) is 1.84. The monoisotopic (exact) mass is 262 g/mol. The van der Waals surface area contributed by atoms with Crippen LogP contribution in [0.5, 0.6) is 0 Å². The number of hydrogen-bond acceptors (Lipinski definition) is 4. The Kier molecular flexibility index (Phi) is 4.68. The number of amides is 1. The lowest BCUT2D eigenvalue weighted by Crippen LogP contribution is -2.35. The fraction of sp³-hybridized carbons (Fsp3) is 0.357. The molecule has 5 nitrogen and oxygen atoms in total. The Morgan fingerprint density at radius 3 is 2.95 bits per heavy atom. The largest absolute Gasteiger partial charge is 0.346 e. The van der Waals surface area contributed by atoms with E-state index in [1.165, 1.54) is 0 Å². The van der Waals surface area contributed by atoms with Crippen LogP contribution in [0, 0.1) is 0 Å². The molecule has 1 aliphatic rings. The van der Waals surface area contributed by atoms with Crippen LogP contribution in [0.25, 0.3) is 0 Å². The zero-order chi connectivity index (χ0) is 13.7. The zero-order valence-electron chi connectivity index (χ0n) is 10.7. The van der Waals surface area contributed by atoms with Crippen molar-refractivity contribution >= 4 is 11.6 Å². The summed E-state index contributed by atoms with van der Waals surface area (Å²) >= 11 is 0. The molecule has 2 rings (SSSR count). The zero-order valence-corrected chi connectivity index (χ0v) is 10.7. The molecule has 1 fully saturated rings. The minimum absolute atomic E-state index is 0.231. The van der Waals surface area contributed by atoms with E-state index in [1.807, 2.05) is 18.2 Å². The summed E-state index contributed by atoms with van der Waals surface area (Å²) in [5.41, 5.74) is 7.27. The SMILES string of the molecule is C=CCC(N)C(=O)Nc1cccc(C2OCCO2)c1. The van der Waals surface area contributed by atoms with Gasteiger partial charge in [0.05, 0.1) is 19.3 Å². The average molecular weight is 262 g/mol. The standard InChI is InChI=1S/C14H18N2O3/c1-2-4-12(15)13(17)16-11-6-3-5-10(9-11)14-18-7-8-19-14/h2-3,5-6,9,12,14H,1,4,7-8,15H2,(H,16,17). The maximum Gasteiger partial charge on any atom is 0.241 e. The van der Waals surface area contributed by atoms with Gasteiger partial charge in [0.15, 0.2) is 6.29 Å². The second-order valence-electron chi connectivity index (χ2n) is 4.32. The minimum Gasteiger partial charge on any atom is -0.346 e. The lowest BCUT2D eigenvalue weighted by Gasteiger charge is -2.13. The van der Waals surface area contributed by atoms with E-state index in [9.17, 15) is 4.79 Å². The summed E-state index contributed by atoms with van der Waals surface area (Å²) in [5.74, 6) is -0.231. The van der Waals surface area contributed by atoms with E-state index in [4.69, 9.17) is 15.2 Å². The van der Waals surface area contributed by atoms with E-state index in [0.717, 1.165) is 5.56 Å². The first-order chi connectivity index (χ1) is 9.20. The van der Waals surface area contributed by atoms with Gasteiger partial charge in [0.1, 0.15) is 0 Å². The molecular formula is C14H18N2O3. The van der Waals surface area contributed by atoms with Crippen LogP contribution in [-0.2, 0) is 14.3 Å². The van der Waals surface area contributed by atoms with E-state index in [2.05, 4.69) is 11.9 Å². The molecule has 19 heavy (non-hydrogen) atoms. The summed E-state index contributed by atoms with van der Waals surface area (Å²) in [4.78, 5) is 11.8. The van der Waals surface area contributed by atoms with Crippen molar-refractivity contribution in [3.05, 3.63) is 42.5 Å². The van der Waals surface area contributed by atoms with Crippen LogP contribution in [-0.4, -0.2) is 25.2 Å². The predicted molar refractivity (Wildman–Crippen MR) is 72.5 cm³/mol. The molecule has 5 heteroatoms. The van der Waals surface area contributed by atoms with Crippen LogP contribution in [0.15, 0.2) is 36.9 Å². The number of carbonyl (C=O) groups is 1. The van der Waals surface area contributed by atoms with Crippen LogP contribution >= 0.6 is 0 Å². The van der Waals surface area contributed by atoms with Crippen molar-refractivity contribution in [2.45, 2.75) is 18.8 Å². The van der Waals surface area contributed by atoms with Crippen molar-refractivity contribution in [1.82, 2.24) is 0 Å². The maximum absolute atomic E-state index is 11.8. The van der Waals surface area contributed by atoms with Gasteiger partial charge in [-0.05, 0) is 18.6 Å². The molecule has 1 unspecified atom stereocenters. The minimum atomic E-state index is -0.583. The summed E-state index contributed by atoms with van der Waals surface area (Å²) in [5, 5.41) is 2.77. The smallest absolute Gasteiger partial charge is 0.241 e. The van der Waals surface area contributed by atoms with Gasteiger partial charge < -0.3 is 20.5 Å². The van der Waals surface area contributed by atoms with Crippen LogP contribution in [0.3, 0.4) is 0 Å². The van der Waals surface area contributed by atoms with Crippen molar-refractivity contribution in [2.24, 2.45) is 5.73 Å². The quantitative estimate of drug-likeness (QED) is 0.790. The first-order valence-corrected chi connectivity index (χ1v) is 6.21. The van der Waals surface area contributed by atoms with E-state index in [-0.39, 0.29) is 12.2 Å². The molecule has 1 saturated heterocycles. The predicted octanol–water partition coefficient (Wildman–Crippen LogP) is 1.57. The number of benzene rings is 1. The molecular weight excluding hydrogens is 244 g/mol. The molecule has 0 radical (unpaired) electrons. The Labute approximate surface area is 112 Å². The lowest BCUT2D eigenvalue weighted by atomic mass is 10.1. The number of nitrogens with one attached hydrogen (secondary N) is 1. The first-order valence-electron chi connectivity index (χ1n) is 6.21. The van der Waals surface area contributed by atoms with Gasteiger partial charge in [-0.2, -0.15) is 0 Å².